The topological polar surface area (TPSA) is 57.2 Å². The van der Waals surface area contributed by atoms with E-state index in [2.05, 4.69) is 14.0 Å². The van der Waals surface area contributed by atoms with Gasteiger partial charge in [-0.25, -0.2) is 8.42 Å². The summed E-state index contributed by atoms with van der Waals surface area (Å²) >= 11 is 0. The van der Waals surface area contributed by atoms with Crippen molar-refractivity contribution in [3.63, 3.8) is 0 Å². The minimum Gasteiger partial charge on any atom is -0.748 e. The fraction of sp³-hybridized carbons (Fsp3) is 1.00. The molecule has 0 aromatic rings. The fourth-order valence-corrected chi connectivity index (χ4v) is 3.13. The highest BCUT2D eigenvalue weighted by molar-refractivity contribution is 7.84. The van der Waals surface area contributed by atoms with E-state index in [9.17, 15) is 0 Å². The molecule has 1 saturated heterocycles. The molecule has 0 atom stereocenters. The molecule has 0 amide bonds. The molecule has 0 spiro atoms. The first kappa shape index (κ1) is 21.9. The number of quaternary nitrogens is 1. The van der Waals surface area contributed by atoms with Gasteiger partial charge in [0.1, 0.15) is 0 Å². The lowest BCUT2D eigenvalue weighted by atomic mass is 10.1. The van der Waals surface area contributed by atoms with Crippen LogP contribution in [0.25, 0.3) is 0 Å². The van der Waals surface area contributed by atoms with Crippen molar-refractivity contribution in [1.82, 2.24) is 0 Å². The van der Waals surface area contributed by atoms with Crippen molar-refractivity contribution in [2.24, 2.45) is 0 Å². The van der Waals surface area contributed by atoms with Crippen LogP contribution in [0.4, 0.5) is 0 Å². The van der Waals surface area contributed by atoms with Crippen molar-refractivity contribution in [1.29, 1.82) is 0 Å². The van der Waals surface area contributed by atoms with E-state index in [0.29, 0.717) is 6.26 Å². The van der Waals surface area contributed by atoms with Crippen LogP contribution in [0, 0.1) is 0 Å². The van der Waals surface area contributed by atoms with Crippen LogP contribution in [0.1, 0.15) is 77.6 Å². The van der Waals surface area contributed by atoms with E-state index in [1.54, 1.807) is 0 Å². The Bertz CT molecular complexity index is 341. The molecule has 0 bridgehead atoms. The molecule has 1 fully saturated rings. The molecule has 0 radical (unpaired) electrons. The zero-order valence-corrected chi connectivity index (χ0v) is 15.8. The average molecular weight is 336 g/mol. The molecule has 0 saturated carbocycles. The largest absolute Gasteiger partial charge is 0.748 e. The second kappa shape index (κ2) is 12.3. The maximum atomic E-state index is 9.08. The quantitative estimate of drug-likeness (QED) is 0.364. The molecule has 0 unspecified atom stereocenters. The van der Waals surface area contributed by atoms with Gasteiger partial charge in [0.15, 0.2) is 0 Å². The van der Waals surface area contributed by atoms with Crippen LogP contribution in [0.2, 0.25) is 0 Å². The Morgan fingerprint density at radius 2 is 1.27 bits per heavy atom. The highest BCUT2D eigenvalue weighted by Gasteiger charge is 2.23. The van der Waals surface area contributed by atoms with Crippen molar-refractivity contribution < 1.29 is 17.5 Å². The first-order chi connectivity index (χ1) is 10.3. The number of unbranched alkanes of at least 4 members (excludes halogenated alkanes) is 7. The molecule has 0 aromatic carbocycles. The zero-order valence-electron chi connectivity index (χ0n) is 15.0. The second-order valence-corrected chi connectivity index (χ2v) is 8.44. The van der Waals surface area contributed by atoms with Crippen LogP contribution in [0.3, 0.4) is 0 Å². The second-order valence-electron chi connectivity index (χ2n) is 7.03. The first-order valence-corrected chi connectivity index (χ1v) is 10.8. The Morgan fingerprint density at radius 3 is 1.73 bits per heavy atom. The lowest BCUT2D eigenvalue weighted by Gasteiger charge is -2.37. The van der Waals surface area contributed by atoms with Crippen LogP contribution in [-0.2, 0) is 10.1 Å². The highest BCUT2D eigenvalue weighted by atomic mass is 32.2. The third-order valence-corrected chi connectivity index (χ3v) is 4.45. The van der Waals surface area contributed by atoms with Crippen molar-refractivity contribution in [2.75, 3.05) is 32.9 Å². The van der Waals surface area contributed by atoms with Gasteiger partial charge in [0, 0.05) is 6.26 Å². The van der Waals surface area contributed by atoms with E-state index in [4.69, 9.17) is 13.0 Å². The summed E-state index contributed by atoms with van der Waals surface area (Å²) < 4.78 is 28.6. The maximum Gasteiger partial charge on any atom is 0.0916 e. The summed E-state index contributed by atoms with van der Waals surface area (Å²) in [5.74, 6) is 0. The molecule has 134 valence electrons. The smallest absolute Gasteiger partial charge is 0.0916 e. The van der Waals surface area contributed by atoms with Gasteiger partial charge >= 0.3 is 0 Å². The Balaban J connectivity index is 0.000000763. The Morgan fingerprint density at radius 1 is 0.864 bits per heavy atom. The van der Waals surface area contributed by atoms with E-state index >= 15 is 0 Å². The molecule has 1 heterocycles. The summed E-state index contributed by atoms with van der Waals surface area (Å²) in [5.41, 5.74) is 0. The minimum absolute atomic E-state index is 0.604. The van der Waals surface area contributed by atoms with Gasteiger partial charge in [-0.15, -0.1) is 0 Å². The van der Waals surface area contributed by atoms with E-state index < -0.39 is 10.1 Å². The average Bonchev–Trinajstić information content (AvgIpc) is 2.41. The molecule has 0 N–H and O–H groups in total. The number of hydrogen-bond donors (Lipinski definition) is 0. The number of likely N-dealkylation sites (tertiary alicyclic amines) is 1. The van der Waals surface area contributed by atoms with Gasteiger partial charge in [0.25, 0.3) is 0 Å². The van der Waals surface area contributed by atoms with Crippen LogP contribution in [0.15, 0.2) is 0 Å². The van der Waals surface area contributed by atoms with Crippen LogP contribution in [0.5, 0.6) is 0 Å². The zero-order chi connectivity index (χ0) is 16.9. The molecule has 0 aliphatic carbocycles. The third kappa shape index (κ3) is 16.2. The molecule has 1 rings (SSSR count). The molecule has 0 aromatic heterocycles. The summed E-state index contributed by atoms with van der Waals surface area (Å²) in [6.07, 6.45) is 16.6. The van der Waals surface area contributed by atoms with Crippen molar-refractivity contribution in [2.45, 2.75) is 77.6 Å². The van der Waals surface area contributed by atoms with Crippen molar-refractivity contribution in [3.05, 3.63) is 0 Å². The van der Waals surface area contributed by atoms with Crippen LogP contribution >= 0.6 is 0 Å². The molecule has 4 nitrogen and oxygen atoms in total. The lowest BCUT2D eigenvalue weighted by Crippen LogP contribution is -2.48. The van der Waals surface area contributed by atoms with Crippen molar-refractivity contribution >= 4 is 10.1 Å². The van der Waals surface area contributed by atoms with E-state index in [0.717, 1.165) is 0 Å². The monoisotopic (exact) mass is 335 g/mol. The molecular formula is C17H37NO3S. The van der Waals surface area contributed by atoms with Gasteiger partial charge in [-0.1, -0.05) is 45.4 Å². The maximum absolute atomic E-state index is 9.08. The van der Waals surface area contributed by atoms with Crippen molar-refractivity contribution in [3.8, 4) is 0 Å². The summed E-state index contributed by atoms with van der Waals surface area (Å²) in [6, 6.07) is 0. The first-order valence-electron chi connectivity index (χ1n) is 9.01. The number of hydrogen-bond acceptors (Lipinski definition) is 3. The Hall–Kier alpha value is -0.130. The van der Waals surface area contributed by atoms with E-state index in [1.165, 1.54) is 94.7 Å². The number of nitrogens with zero attached hydrogens (tertiary/aromatic N) is 1. The summed E-state index contributed by atoms with van der Waals surface area (Å²) in [6.45, 7) is 6.62. The summed E-state index contributed by atoms with van der Waals surface area (Å²) in [7, 11) is -1.44. The standard InChI is InChI=1S/C16H34N.CH4O3S/c1-3-4-5-6-7-8-9-11-14-17(2)15-12-10-13-16-17;1-5(2,3)4/h3-16H2,1-2H3;1H3,(H,2,3,4)/q+1;/p-1. The Kier molecular flexibility index (Phi) is 12.2. The van der Waals surface area contributed by atoms with Gasteiger partial charge in [0.2, 0.25) is 0 Å². The lowest BCUT2D eigenvalue weighted by molar-refractivity contribution is -0.914. The van der Waals surface area contributed by atoms with Gasteiger partial charge in [-0.05, 0) is 32.1 Å². The van der Waals surface area contributed by atoms with Gasteiger partial charge in [-0.3, -0.25) is 0 Å². The molecule has 1 aliphatic heterocycles. The molecule has 22 heavy (non-hydrogen) atoms. The van der Waals surface area contributed by atoms with Gasteiger partial charge in [-0.2, -0.15) is 0 Å². The molecule has 1 aliphatic rings. The normalized spacial score (nSPS) is 17.6. The summed E-state index contributed by atoms with van der Waals surface area (Å²) in [4.78, 5) is 0. The third-order valence-electron chi connectivity index (χ3n) is 4.45. The number of rotatable bonds is 9. The molecule has 5 heteroatoms. The van der Waals surface area contributed by atoms with Gasteiger partial charge < -0.3 is 9.04 Å². The SMILES string of the molecule is CCCCCCCCCC[N+]1(C)CCCCC1.CS(=O)(=O)[O-]. The Labute approximate surface area is 138 Å². The van der Waals surface area contributed by atoms with E-state index in [1.807, 2.05) is 0 Å². The van der Waals surface area contributed by atoms with Crippen LogP contribution < -0.4 is 0 Å². The van der Waals surface area contributed by atoms with E-state index in [-0.39, 0.29) is 0 Å². The number of piperidine rings is 1. The molecular weight excluding hydrogens is 298 g/mol. The highest BCUT2D eigenvalue weighted by Crippen LogP contribution is 2.18. The van der Waals surface area contributed by atoms with Crippen LogP contribution in [-0.4, -0.2) is 50.4 Å². The fourth-order valence-electron chi connectivity index (χ4n) is 3.13. The predicted molar refractivity (Wildman–Crippen MR) is 92.9 cm³/mol. The van der Waals surface area contributed by atoms with Gasteiger partial charge in [0.05, 0.1) is 36.8 Å². The minimum atomic E-state index is -3.92. The summed E-state index contributed by atoms with van der Waals surface area (Å²) in [5, 5.41) is 0. The predicted octanol–water partition coefficient (Wildman–Crippen LogP) is 3.92.